The third-order valence-corrected chi connectivity index (χ3v) is 1.53. The Labute approximate surface area is 85.5 Å². The van der Waals surface area contributed by atoms with Gasteiger partial charge in [0.05, 0.1) is 13.2 Å². The number of aliphatic hydroxyl groups is 1. The average molecular weight is 204 g/mol. The van der Waals surface area contributed by atoms with Gasteiger partial charge in [0.1, 0.15) is 0 Å². The number of hydrogen-bond donors (Lipinski definition) is 1. The van der Waals surface area contributed by atoms with Crippen molar-refractivity contribution in [1.29, 1.82) is 0 Å². The van der Waals surface area contributed by atoms with Gasteiger partial charge in [-0.15, -0.1) is 0 Å². The molecule has 0 aliphatic carbocycles. The summed E-state index contributed by atoms with van der Waals surface area (Å²) in [6, 6.07) is 0. The standard InChI is InChI=1S/C10H20O4/c1-4-12-10(3,13-5-2)14-9-7-6-8-11/h6-7,11H,4-5,8-9H2,1-3H3/b7-6-. The van der Waals surface area contributed by atoms with Crippen LogP contribution in [0.25, 0.3) is 0 Å². The van der Waals surface area contributed by atoms with Crippen LogP contribution in [0.5, 0.6) is 0 Å². The summed E-state index contributed by atoms with van der Waals surface area (Å²) in [6.07, 6.45) is 3.33. The molecule has 0 atom stereocenters. The molecular formula is C10H20O4. The van der Waals surface area contributed by atoms with Gasteiger partial charge in [-0.3, -0.25) is 0 Å². The van der Waals surface area contributed by atoms with Crippen LogP contribution in [0.1, 0.15) is 20.8 Å². The van der Waals surface area contributed by atoms with E-state index in [-0.39, 0.29) is 6.61 Å². The van der Waals surface area contributed by atoms with Gasteiger partial charge in [-0.1, -0.05) is 12.2 Å². The summed E-state index contributed by atoms with van der Waals surface area (Å²) in [6.45, 7) is 6.92. The molecule has 0 unspecified atom stereocenters. The fourth-order valence-corrected chi connectivity index (χ4v) is 0.991. The van der Waals surface area contributed by atoms with Crippen molar-refractivity contribution in [3.63, 3.8) is 0 Å². The van der Waals surface area contributed by atoms with E-state index in [4.69, 9.17) is 19.3 Å². The molecule has 84 valence electrons. The normalized spacial score (nSPS) is 12.6. The first kappa shape index (κ1) is 13.6. The molecular weight excluding hydrogens is 184 g/mol. The lowest BCUT2D eigenvalue weighted by molar-refractivity contribution is -0.363. The Morgan fingerprint density at radius 3 is 2.07 bits per heavy atom. The summed E-state index contributed by atoms with van der Waals surface area (Å²) < 4.78 is 16.0. The summed E-state index contributed by atoms with van der Waals surface area (Å²) in [4.78, 5) is 0. The maximum absolute atomic E-state index is 8.50. The Bertz CT molecular complexity index is 150. The van der Waals surface area contributed by atoms with Crippen molar-refractivity contribution < 1.29 is 19.3 Å². The Morgan fingerprint density at radius 2 is 1.64 bits per heavy atom. The molecule has 0 aliphatic heterocycles. The molecule has 0 aromatic rings. The van der Waals surface area contributed by atoms with Crippen LogP contribution in [0.4, 0.5) is 0 Å². The third-order valence-electron chi connectivity index (χ3n) is 1.53. The average Bonchev–Trinajstić information content (AvgIpc) is 2.13. The lowest BCUT2D eigenvalue weighted by Crippen LogP contribution is -2.36. The van der Waals surface area contributed by atoms with Gasteiger partial charge >= 0.3 is 0 Å². The Hall–Kier alpha value is -0.420. The molecule has 0 fully saturated rings. The highest BCUT2D eigenvalue weighted by Crippen LogP contribution is 2.14. The zero-order valence-electron chi connectivity index (χ0n) is 9.16. The van der Waals surface area contributed by atoms with Crippen LogP contribution in [-0.2, 0) is 14.2 Å². The summed E-state index contributed by atoms with van der Waals surface area (Å²) in [5, 5.41) is 8.50. The van der Waals surface area contributed by atoms with Crippen molar-refractivity contribution in [2.45, 2.75) is 26.7 Å². The van der Waals surface area contributed by atoms with Crippen LogP contribution in [0.3, 0.4) is 0 Å². The monoisotopic (exact) mass is 204 g/mol. The van der Waals surface area contributed by atoms with E-state index >= 15 is 0 Å². The number of ether oxygens (including phenoxy) is 3. The van der Waals surface area contributed by atoms with Crippen LogP contribution in [-0.4, -0.2) is 37.5 Å². The SMILES string of the molecule is CCOC(C)(OCC)OC/C=C\CO. The highest BCUT2D eigenvalue weighted by Gasteiger charge is 2.25. The highest BCUT2D eigenvalue weighted by atomic mass is 16.9. The second-order valence-electron chi connectivity index (χ2n) is 2.69. The van der Waals surface area contributed by atoms with E-state index in [1.807, 2.05) is 13.8 Å². The zero-order valence-corrected chi connectivity index (χ0v) is 9.16. The molecule has 0 aliphatic rings. The van der Waals surface area contributed by atoms with Crippen LogP contribution in [0.2, 0.25) is 0 Å². The molecule has 0 heterocycles. The largest absolute Gasteiger partial charge is 0.392 e. The van der Waals surface area contributed by atoms with E-state index < -0.39 is 5.97 Å². The molecule has 0 spiro atoms. The molecule has 1 N–H and O–H groups in total. The van der Waals surface area contributed by atoms with E-state index in [2.05, 4.69) is 0 Å². The van der Waals surface area contributed by atoms with Gasteiger partial charge in [-0.25, -0.2) is 0 Å². The van der Waals surface area contributed by atoms with E-state index in [9.17, 15) is 0 Å². The first-order chi connectivity index (χ1) is 6.68. The molecule has 0 aromatic carbocycles. The van der Waals surface area contributed by atoms with E-state index in [0.717, 1.165) is 0 Å². The lowest BCUT2D eigenvalue weighted by atomic mass is 10.5. The molecule has 4 nitrogen and oxygen atoms in total. The first-order valence-corrected chi connectivity index (χ1v) is 4.86. The van der Waals surface area contributed by atoms with Gasteiger partial charge in [-0.05, 0) is 13.8 Å². The zero-order chi connectivity index (χ0) is 10.9. The predicted molar refractivity (Wildman–Crippen MR) is 53.8 cm³/mol. The van der Waals surface area contributed by atoms with Crippen molar-refractivity contribution in [2.24, 2.45) is 0 Å². The minimum Gasteiger partial charge on any atom is -0.392 e. The molecule has 0 rings (SSSR count). The van der Waals surface area contributed by atoms with Crippen LogP contribution in [0, 0.1) is 0 Å². The Kier molecular flexibility index (Phi) is 7.70. The predicted octanol–water partition coefficient (Wildman–Crippen LogP) is 1.30. The molecule has 0 amide bonds. The second kappa shape index (κ2) is 7.94. The van der Waals surface area contributed by atoms with Gasteiger partial charge in [0.15, 0.2) is 0 Å². The van der Waals surface area contributed by atoms with Crippen molar-refractivity contribution in [3.05, 3.63) is 12.2 Å². The van der Waals surface area contributed by atoms with E-state index in [1.165, 1.54) is 0 Å². The molecule has 0 saturated heterocycles. The molecule has 0 saturated carbocycles. The van der Waals surface area contributed by atoms with Crippen molar-refractivity contribution in [1.82, 2.24) is 0 Å². The lowest BCUT2D eigenvalue weighted by Gasteiger charge is -2.28. The number of hydrogen-bond acceptors (Lipinski definition) is 4. The summed E-state index contributed by atoms with van der Waals surface area (Å²) in [5.41, 5.74) is 0. The maximum atomic E-state index is 8.50. The van der Waals surface area contributed by atoms with Crippen molar-refractivity contribution in [3.8, 4) is 0 Å². The highest BCUT2D eigenvalue weighted by molar-refractivity contribution is 4.80. The fraction of sp³-hybridized carbons (Fsp3) is 0.800. The molecule has 0 bridgehead atoms. The topological polar surface area (TPSA) is 47.9 Å². The van der Waals surface area contributed by atoms with Crippen LogP contribution < -0.4 is 0 Å². The van der Waals surface area contributed by atoms with Gasteiger partial charge in [0.2, 0.25) is 0 Å². The van der Waals surface area contributed by atoms with Crippen molar-refractivity contribution in [2.75, 3.05) is 26.4 Å². The Morgan fingerprint density at radius 1 is 1.07 bits per heavy atom. The number of rotatable bonds is 8. The third kappa shape index (κ3) is 6.10. The van der Waals surface area contributed by atoms with Gasteiger partial charge in [-0.2, -0.15) is 0 Å². The van der Waals surface area contributed by atoms with E-state index in [1.54, 1.807) is 19.1 Å². The van der Waals surface area contributed by atoms with Crippen LogP contribution >= 0.6 is 0 Å². The summed E-state index contributed by atoms with van der Waals surface area (Å²) in [5.74, 6) is -0.983. The summed E-state index contributed by atoms with van der Waals surface area (Å²) >= 11 is 0. The second-order valence-corrected chi connectivity index (χ2v) is 2.69. The molecule has 0 aromatic heterocycles. The fourth-order valence-electron chi connectivity index (χ4n) is 0.991. The number of aliphatic hydroxyl groups excluding tert-OH is 1. The minimum atomic E-state index is -0.983. The summed E-state index contributed by atoms with van der Waals surface area (Å²) in [7, 11) is 0. The first-order valence-electron chi connectivity index (χ1n) is 4.86. The van der Waals surface area contributed by atoms with E-state index in [0.29, 0.717) is 19.8 Å². The molecule has 14 heavy (non-hydrogen) atoms. The van der Waals surface area contributed by atoms with Crippen LogP contribution in [0.15, 0.2) is 12.2 Å². The molecule has 4 heteroatoms. The maximum Gasteiger partial charge on any atom is 0.280 e. The minimum absolute atomic E-state index is 0.0172. The van der Waals surface area contributed by atoms with Gasteiger partial charge in [0.25, 0.3) is 5.97 Å². The smallest absolute Gasteiger partial charge is 0.280 e. The Balaban J connectivity index is 3.88. The quantitative estimate of drug-likeness (QED) is 0.478. The van der Waals surface area contributed by atoms with Gasteiger partial charge in [0, 0.05) is 20.1 Å². The molecule has 0 radical (unpaired) electrons. The van der Waals surface area contributed by atoms with Gasteiger partial charge < -0.3 is 19.3 Å². The van der Waals surface area contributed by atoms with Crippen molar-refractivity contribution >= 4 is 0 Å².